The molecule has 3 aromatic rings. The van der Waals surface area contributed by atoms with Gasteiger partial charge in [0.15, 0.2) is 11.5 Å². The highest BCUT2D eigenvalue weighted by atomic mass is 32.1. The van der Waals surface area contributed by atoms with Crippen LogP contribution >= 0.6 is 11.3 Å². The van der Waals surface area contributed by atoms with Crippen LogP contribution in [0, 0.1) is 12.3 Å². The SMILES string of the molecule is COC(=O)c1cc(N2CCN(CC(=O)N[C@H](C(=O)N3C[C@H](O)C[C@H]3C(=O)N[C@@H](C)c3ccc(-c4scnc4C)cc3)C(C)(C)C)CC2)c(N)nn1. The molecule has 1 aromatic carbocycles. The number of thiazole rings is 1. The number of methoxy groups -OCH3 is 1. The van der Waals surface area contributed by atoms with E-state index in [0.29, 0.717) is 31.9 Å². The van der Waals surface area contributed by atoms with Crippen molar-refractivity contribution in [1.82, 2.24) is 35.6 Å². The summed E-state index contributed by atoms with van der Waals surface area (Å²) in [6, 6.07) is 7.30. The van der Waals surface area contributed by atoms with E-state index in [1.807, 2.05) is 74.2 Å². The zero-order valence-electron chi connectivity index (χ0n) is 29.9. The fourth-order valence-corrected chi connectivity index (χ4v) is 7.23. The number of aromatic nitrogens is 3. The molecule has 0 unspecified atom stereocenters. The first-order valence-electron chi connectivity index (χ1n) is 16.9. The molecule has 51 heavy (non-hydrogen) atoms. The van der Waals surface area contributed by atoms with E-state index in [1.165, 1.54) is 12.0 Å². The molecule has 2 saturated heterocycles. The number of aliphatic hydroxyl groups is 1. The number of hydrogen-bond acceptors (Lipinski definition) is 13. The second-order valence-electron chi connectivity index (χ2n) is 14.1. The lowest BCUT2D eigenvalue weighted by Crippen LogP contribution is -2.59. The summed E-state index contributed by atoms with van der Waals surface area (Å²) in [7, 11) is 1.26. The van der Waals surface area contributed by atoms with Gasteiger partial charge in [-0.3, -0.25) is 19.3 Å². The van der Waals surface area contributed by atoms with Crippen molar-refractivity contribution in [3.8, 4) is 10.4 Å². The molecule has 0 aliphatic carbocycles. The van der Waals surface area contributed by atoms with Gasteiger partial charge < -0.3 is 36.0 Å². The molecule has 15 nitrogen and oxygen atoms in total. The fourth-order valence-electron chi connectivity index (χ4n) is 6.42. The molecule has 0 spiro atoms. The highest BCUT2D eigenvalue weighted by molar-refractivity contribution is 7.13. The summed E-state index contributed by atoms with van der Waals surface area (Å²) in [6.45, 7) is 11.5. The number of anilines is 2. The molecule has 0 radical (unpaired) electrons. The second kappa shape index (κ2) is 15.7. The Hall–Kier alpha value is -4.67. The van der Waals surface area contributed by atoms with Crippen LogP contribution < -0.4 is 21.3 Å². The van der Waals surface area contributed by atoms with Crippen LogP contribution in [0.3, 0.4) is 0 Å². The molecular weight excluding hydrogens is 675 g/mol. The van der Waals surface area contributed by atoms with Crippen LogP contribution in [0.5, 0.6) is 0 Å². The number of ether oxygens (including phenoxy) is 1. The highest BCUT2D eigenvalue weighted by Gasteiger charge is 2.45. The summed E-state index contributed by atoms with van der Waals surface area (Å²) in [6.07, 6.45) is -0.774. The number of carbonyl (C=O) groups excluding carboxylic acids is 4. The molecule has 4 heterocycles. The molecule has 2 fully saturated rings. The normalized spacial score (nSPS) is 19.4. The summed E-state index contributed by atoms with van der Waals surface area (Å²) < 4.78 is 4.74. The fraction of sp³-hybridized carbons (Fsp3) is 0.514. The van der Waals surface area contributed by atoms with Crippen LogP contribution in [0.4, 0.5) is 11.5 Å². The number of piperazine rings is 1. The van der Waals surface area contributed by atoms with Crippen molar-refractivity contribution < 1.29 is 29.0 Å². The van der Waals surface area contributed by atoms with Crippen molar-refractivity contribution >= 4 is 46.5 Å². The molecule has 4 atom stereocenters. The monoisotopic (exact) mass is 721 g/mol. The second-order valence-corrected chi connectivity index (χ2v) is 15.0. The molecular formula is C35H47N9O6S. The number of nitrogens with one attached hydrogen (secondary N) is 2. The molecule has 5 rings (SSSR count). The number of amides is 3. The van der Waals surface area contributed by atoms with Crippen molar-refractivity contribution in [1.29, 1.82) is 0 Å². The van der Waals surface area contributed by atoms with Crippen LogP contribution in [0.25, 0.3) is 10.4 Å². The largest absolute Gasteiger partial charge is 0.464 e. The molecule has 2 aromatic heterocycles. The lowest BCUT2D eigenvalue weighted by Gasteiger charge is -2.38. The number of aryl methyl sites for hydroxylation is 1. The number of carbonyl (C=O) groups is 4. The third-order valence-electron chi connectivity index (χ3n) is 9.34. The molecule has 0 saturated carbocycles. The van der Waals surface area contributed by atoms with Crippen LogP contribution in [-0.4, -0.2) is 118 Å². The minimum Gasteiger partial charge on any atom is -0.464 e. The maximum absolute atomic E-state index is 14.1. The Kier molecular flexibility index (Phi) is 11.6. The third-order valence-corrected chi connectivity index (χ3v) is 10.3. The molecule has 2 aliphatic heterocycles. The molecule has 0 bridgehead atoms. The first-order valence-corrected chi connectivity index (χ1v) is 17.8. The van der Waals surface area contributed by atoms with E-state index in [2.05, 4.69) is 25.8 Å². The Bertz CT molecular complexity index is 1740. The standard InChI is InChI=1S/C35H47N9O6S/c1-20(22-7-9-23(10-8-22)29-21(2)37-19-51-29)38-32(47)27-15-24(45)17-44(27)33(48)30(35(3,4)5)39-28(46)18-42-11-13-43(14-12-42)26-16-25(34(49)50-6)40-41-31(26)36/h7-10,16,19-20,24,27,30,45H,11-15,17-18H2,1-6H3,(H2,36,41)(H,38,47)(H,39,46)/t20-,24+,27-,30+/m0/s1. The van der Waals surface area contributed by atoms with Crippen LogP contribution in [0.2, 0.25) is 0 Å². The summed E-state index contributed by atoms with van der Waals surface area (Å²) >= 11 is 1.57. The minimum atomic E-state index is -0.938. The Balaban J connectivity index is 1.19. The van der Waals surface area contributed by atoms with E-state index >= 15 is 0 Å². The maximum Gasteiger partial charge on any atom is 0.358 e. The Morgan fingerprint density at radius 3 is 2.37 bits per heavy atom. The van der Waals surface area contributed by atoms with Gasteiger partial charge in [-0.25, -0.2) is 9.78 Å². The van der Waals surface area contributed by atoms with E-state index in [9.17, 15) is 24.3 Å². The van der Waals surface area contributed by atoms with Gasteiger partial charge in [0, 0.05) is 45.2 Å². The smallest absolute Gasteiger partial charge is 0.358 e. The van der Waals surface area contributed by atoms with Crippen molar-refractivity contribution in [2.75, 3.05) is 57.0 Å². The predicted molar refractivity (Wildman–Crippen MR) is 193 cm³/mol. The third kappa shape index (κ3) is 8.80. The number of β-amino-alcohol motifs (C(OH)–C–C–N with tert-alkyl or cyclic N) is 1. The van der Waals surface area contributed by atoms with Crippen molar-refractivity contribution in [2.24, 2.45) is 5.41 Å². The number of hydrogen-bond donors (Lipinski definition) is 4. The Morgan fingerprint density at radius 2 is 1.76 bits per heavy atom. The molecule has 16 heteroatoms. The van der Waals surface area contributed by atoms with E-state index in [1.54, 1.807) is 17.4 Å². The summed E-state index contributed by atoms with van der Waals surface area (Å²) in [5, 5.41) is 24.2. The van der Waals surface area contributed by atoms with Crippen LogP contribution in [0.1, 0.15) is 61.9 Å². The van der Waals surface area contributed by atoms with E-state index in [4.69, 9.17) is 10.5 Å². The zero-order chi connectivity index (χ0) is 37.0. The predicted octanol–water partition coefficient (Wildman–Crippen LogP) is 1.77. The number of rotatable bonds is 10. The number of esters is 1. The average molecular weight is 722 g/mol. The number of likely N-dealkylation sites (tertiary alicyclic amines) is 1. The van der Waals surface area contributed by atoms with Gasteiger partial charge in [0.05, 0.1) is 47.6 Å². The Morgan fingerprint density at radius 1 is 1.08 bits per heavy atom. The number of nitrogens with two attached hydrogens (primary N) is 1. The first kappa shape index (κ1) is 37.6. The Labute approximate surface area is 301 Å². The molecule has 2 aliphatic rings. The lowest BCUT2D eigenvalue weighted by molar-refractivity contribution is -0.144. The van der Waals surface area contributed by atoms with E-state index in [0.717, 1.165) is 21.7 Å². The number of aliphatic hydroxyl groups excluding tert-OH is 1. The van der Waals surface area contributed by atoms with Gasteiger partial charge in [-0.05, 0) is 30.4 Å². The summed E-state index contributed by atoms with van der Waals surface area (Å²) in [5.74, 6) is -1.55. The molecule has 5 N–H and O–H groups in total. The highest BCUT2D eigenvalue weighted by Crippen LogP contribution is 2.30. The van der Waals surface area contributed by atoms with Gasteiger partial charge in [-0.15, -0.1) is 21.5 Å². The van der Waals surface area contributed by atoms with Crippen molar-refractivity contribution in [2.45, 2.75) is 65.3 Å². The van der Waals surface area contributed by atoms with Gasteiger partial charge in [0.2, 0.25) is 17.7 Å². The van der Waals surface area contributed by atoms with Gasteiger partial charge >= 0.3 is 5.97 Å². The van der Waals surface area contributed by atoms with Gasteiger partial charge in [-0.1, -0.05) is 45.0 Å². The number of benzene rings is 1. The number of nitrogen functional groups attached to an aromatic ring is 1. The molecule has 3 amide bonds. The van der Waals surface area contributed by atoms with Crippen LogP contribution in [-0.2, 0) is 19.1 Å². The van der Waals surface area contributed by atoms with E-state index < -0.39 is 35.5 Å². The first-order chi connectivity index (χ1) is 24.2. The average Bonchev–Trinajstić information content (AvgIpc) is 3.72. The summed E-state index contributed by atoms with van der Waals surface area (Å²) in [4.78, 5) is 63.8. The van der Waals surface area contributed by atoms with Crippen molar-refractivity contribution in [3.63, 3.8) is 0 Å². The quantitative estimate of drug-likeness (QED) is 0.222. The van der Waals surface area contributed by atoms with Crippen molar-refractivity contribution in [3.05, 3.63) is 52.8 Å². The van der Waals surface area contributed by atoms with Gasteiger partial charge in [-0.2, -0.15) is 0 Å². The minimum absolute atomic E-state index is 0.0106. The lowest BCUT2D eigenvalue weighted by atomic mass is 9.85. The van der Waals surface area contributed by atoms with Gasteiger partial charge in [0.1, 0.15) is 12.1 Å². The maximum atomic E-state index is 14.1. The zero-order valence-corrected chi connectivity index (χ0v) is 30.7. The topological polar surface area (TPSA) is 196 Å². The van der Waals surface area contributed by atoms with Crippen LogP contribution in [0.15, 0.2) is 35.8 Å². The molecule has 274 valence electrons. The summed E-state index contributed by atoms with van der Waals surface area (Å²) in [5.41, 5.74) is 10.7. The van der Waals surface area contributed by atoms with E-state index in [-0.39, 0.29) is 48.9 Å². The number of nitrogens with zero attached hydrogens (tertiary/aromatic N) is 6. The van der Waals surface area contributed by atoms with Gasteiger partial charge in [0.25, 0.3) is 0 Å².